The molecular formula is C14H22BrNOS. The normalized spacial score (nSPS) is 12.4. The maximum Gasteiger partial charge on any atom is 0.119 e. The molecule has 0 amide bonds. The van der Waals surface area contributed by atoms with E-state index in [-0.39, 0.29) is 0 Å². The van der Waals surface area contributed by atoms with Crippen LogP contribution >= 0.6 is 27.7 Å². The van der Waals surface area contributed by atoms with Gasteiger partial charge in [0.1, 0.15) is 5.75 Å². The number of halogens is 1. The minimum Gasteiger partial charge on any atom is -0.497 e. The maximum absolute atomic E-state index is 5.29. The highest BCUT2D eigenvalue weighted by Crippen LogP contribution is 2.24. The molecule has 1 rings (SSSR count). The van der Waals surface area contributed by atoms with Crippen LogP contribution in [0, 0.1) is 0 Å². The second-order valence-electron chi connectivity index (χ2n) is 4.08. The molecule has 0 heterocycles. The molecule has 0 radical (unpaired) electrons. The van der Waals surface area contributed by atoms with E-state index in [1.807, 2.05) is 17.8 Å². The van der Waals surface area contributed by atoms with Gasteiger partial charge in [-0.3, -0.25) is 0 Å². The quantitative estimate of drug-likeness (QED) is 0.784. The van der Waals surface area contributed by atoms with Crippen molar-refractivity contribution in [1.29, 1.82) is 0 Å². The van der Waals surface area contributed by atoms with Crippen LogP contribution in [-0.4, -0.2) is 31.2 Å². The van der Waals surface area contributed by atoms with Crippen molar-refractivity contribution in [3.8, 4) is 5.75 Å². The summed E-state index contributed by atoms with van der Waals surface area (Å²) in [5, 5.41) is 3.55. The Hall–Kier alpha value is -0.190. The number of nitrogens with one attached hydrogen (secondary N) is 1. The van der Waals surface area contributed by atoms with Crippen LogP contribution in [-0.2, 0) is 6.42 Å². The van der Waals surface area contributed by atoms with Crippen molar-refractivity contribution in [3.05, 3.63) is 28.2 Å². The molecule has 0 aliphatic rings. The molecule has 1 atom stereocenters. The lowest BCUT2D eigenvalue weighted by atomic mass is 10.1. The van der Waals surface area contributed by atoms with Crippen molar-refractivity contribution in [2.45, 2.75) is 26.3 Å². The maximum atomic E-state index is 5.29. The predicted molar refractivity (Wildman–Crippen MR) is 84.9 cm³/mol. The highest BCUT2D eigenvalue weighted by atomic mass is 79.9. The van der Waals surface area contributed by atoms with Crippen LogP contribution in [0.15, 0.2) is 22.7 Å². The number of likely N-dealkylation sites (N-methyl/N-ethyl adjacent to an activating group) is 1. The minimum absolute atomic E-state index is 0.517. The molecule has 4 heteroatoms. The summed E-state index contributed by atoms with van der Waals surface area (Å²) in [6.45, 7) is 5.37. The molecular weight excluding hydrogens is 310 g/mol. The molecule has 1 N–H and O–H groups in total. The molecule has 0 aliphatic heterocycles. The zero-order chi connectivity index (χ0) is 13.4. The Kier molecular flexibility index (Phi) is 7.79. The molecule has 18 heavy (non-hydrogen) atoms. The third-order valence-corrected chi connectivity index (χ3v) is 4.56. The molecule has 0 bridgehead atoms. The summed E-state index contributed by atoms with van der Waals surface area (Å²) in [6.07, 6.45) is 1.03. The van der Waals surface area contributed by atoms with Crippen LogP contribution in [0.2, 0.25) is 0 Å². The van der Waals surface area contributed by atoms with E-state index in [2.05, 4.69) is 47.2 Å². The number of hydrogen-bond acceptors (Lipinski definition) is 3. The first-order valence-electron chi connectivity index (χ1n) is 6.34. The van der Waals surface area contributed by atoms with Crippen molar-refractivity contribution in [2.24, 2.45) is 0 Å². The van der Waals surface area contributed by atoms with Gasteiger partial charge in [0, 0.05) is 16.3 Å². The SMILES string of the molecule is CCNC(CSCC)Cc1cc(OC)ccc1Br. The van der Waals surface area contributed by atoms with Crippen LogP contribution in [0.25, 0.3) is 0 Å². The van der Waals surface area contributed by atoms with E-state index in [0.29, 0.717) is 6.04 Å². The van der Waals surface area contributed by atoms with Gasteiger partial charge in [0.05, 0.1) is 7.11 Å². The Morgan fingerprint density at radius 3 is 2.78 bits per heavy atom. The number of ether oxygens (including phenoxy) is 1. The number of rotatable bonds is 8. The molecule has 1 unspecified atom stereocenters. The largest absolute Gasteiger partial charge is 0.497 e. The van der Waals surface area contributed by atoms with Gasteiger partial charge in [0.2, 0.25) is 0 Å². The summed E-state index contributed by atoms with van der Waals surface area (Å²) in [7, 11) is 1.71. The average Bonchev–Trinajstić information content (AvgIpc) is 2.38. The van der Waals surface area contributed by atoms with Gasteiger partial charge < -0.3 is 10.1 Å². The minimum atomic E-state index is 0.517. The molecule has 102 valence electrons. The number of hydrogen-bond donors (Lipinski definition) is 1. The van der Waals surface area contributed by atoms with E-state index in [1.54, 1.807) is 7.11 Å². The smallest absolute Gasteiger partial charge is 0.119 e. The van der Waals surface area contributed by atoms with Gasteiger partial charge >= 0.3 is 0 Å². The fourth-order valence-corrected chi connectivity index (χ4v) is 3.00. The molecule has 1 aromatic carbocycles. The van der Waals surface area contributed by atoms with Crippen molar-refractivity contribution in [2.75, 3.05) is 25.2 Å². The van der Waals surface area contributed by atoms with E-state index in [9.17, 15) is 0 Å². The van der Waals surface area contributed by atoms with Gasteiger partial charge in [-0.15, -0.1) is 0 Å². The average molecular weight is 332 g/mol. The lowest BCUT2D eigenvalue weighted by molar-refractivity contribution is 0.414. The molecule has 0 fully saturated rings. The fourth-order valence-electron chi connectivity index (χ4n) is 1.84. The van der Waals surface area contributed by atoms with E-state index in [4.69, 9.17) is 4.74 Å². The van der Waals surface area contributed by atoms with Crippen LogP contribution in [0.4, 0.5) is 0 Å². The molecule has 0 saturated heterocycles. The van der Waals surface area contributed by atoms with Gasteiger partial charge in [0.25, 0.3) is 0 Å². The molecule has 0 spiro atoms. The summed E-state index contributed by atoms with van der Waals surface area (Å²) in [4.78, 5) is 0. The second-order valence-corrected chi connectivity index (χ2v) is 6.25. The first kappa shape index (κ1) is 15.9. The zero-order valence-electron chi connectivity index (χ0n) is 11.3. The van der Waals surface area contributed by atoms with E-state index >= 15 is 0 Å². The topological polar surface area (TPSA) is 21.3 Å². The molecule has 0 aromatic heterocycles. The molecule has 2 nitrogen and oxygen atoms in total. The summed E-state index contributed by atoms with van der Waals surface area (Å²) < 4.78 is 6.45. The van der Waals surface area contributed by atoms with Gasteiger partial charge in [-0.05, 0) is 42.5 Å². The number of benzene rings is 1. The predicted octanol–water partition coefficient (Wildman–Crippen LogP) is 3.73. The number of thioether (sulfide) groups is 1. The summed E-state index contributed by atoms with van der Waals surface area (Å²) in [5.41, 5.74) is 1.30. The van der Waals surface area contributed by atoms with Gasteiger partial charge in [0.15, 0.2) is 0 Å². The highest BCUT2D eigenvalue weighted by molar-refractivity contribution is 9.10. The Bertz CT molecular complexity index is 360. The third-order valence-electron chi connectivity index (χ3n) is 2.74. The van der Waals surface area contributed by atoms with Crippen LogP contribution in [0.3, 0.4) is 0 Å². The van der Waals surface area contributed by atoms with Crippen LogP contribution < -0.4 is 10.1 Å². The Balaban J connectivity index is 2.72. The monoisotopic (exact) mass is 331 g/mol. The van der Waals surface area contributed by atoms with Crippen LogP contribution in [0.1, 0.15) is 19.4 Å². The van der Waals surface area contributed by atoms with Crippen molar-refractivity contribution in [3.63, 3.8) is 0 Å². The van der Waals surface area contributed by atoms with Crippen LogP contribution in [0.5, 0.6) is 5.75 Å². The summed E-state index contributed by atoms with van der Waals surface area (Å²) in [6, 6.07) is 6.68. The number of methoxy groups -OCH3 is 1. The van der Waals surface area contributed by atoms with E-state index in [0.717, 1.165) is 28.9 Å². The Morgan fingerprint density at radius 1 is 1.39 bits per heavy atom. The van der Waals surface area contributed by atoms with Crippen molar-refractivity contribution in [1.82, 2.24) is 5.32 Å². The molecule has 1 aromatic rings. The van der Waals surface area contributed by atoms with Crippen molar-refractivity contribution < 1.29 is 4.74 Å². The van der Waals surface area contributed by atoms with Gasteiger partial charge in [-0.25, -0.2) is 0 Å². The molecule has 0 saturated carbocycles. The van der Waals surface area contributed by atoms with E-state index in [1.165, 1.54) is 11.3 Å². The Morgan fingerprint density at radius 2 is 2.17 bits per heavy atom. The fraction of sp³-hybridized carbons (Fsp3) is 0.571. The van der Waals surface area contributed by atoms with Gasteiger partial charge in [-0.2, -0.15) is 11.8 Å². The standard InChI is InChI=1S/C14H22BrNOS/c1-4-16-12(10-18-5-2)8-11-9-13(17-3)6-7-14(11)15/h6-7,9,12,16H,4-5,8,10H2,1-3H3. The van der Waals surface area contributed by atoms with Crippen molar-refractivity contribution >= 4 is 27.7 Å². The lowest BCUT2D eigenvalue weighted by Gasteiger charge is -2.18. The summed E-state index contributed by atoms with van der Waals surface area (Å²) in [5.74, 6) is 3.24. The van der Waals surface area contributed by atoms with E-state index < -0.39 is 0 Å². The third kappa shape index (κ3) is 5.21. The second kappa shape index (κ2) is 8.83. The lowest BCUT2D eigenvalue weighted by Crippen LogP contribution is -2.33. The summed E-state index contributed by atoms with van der Waals surface area (Å²) >= 11 is 5.60. The van der Waals surface area contributed by atoms with Gasteiger partial charge in [-0.1, -0.05) is 29.8 Å². The molecule has 0 aliphatic carbocycles. The Labute approximate surface area is 123 Å². The zero-order valence-corrected chi connectivity index (χ0v) is 13.7. The highest BCUT2D eigenvalue weighted by Gasteiger charge is 2.11. The first-order chi connectivity index (χ1) is 8.71. The first-order valence-corrected chi connectivity index (χ1v) is 8.29.